The molecule has 0 saturated heterocycles. The highest BCUT2D eigenvalue weighted by atomic mass is 79.9. The van der Waals surface area contributed by atoms with Crippen LogP contribution in [0.4, 0.5) is 18.9 Å². The van der Waals surface area contributed by atoms with Gasteiger partial charge in [-0.05, 0) is 36.4 Å². The fourth-order valence-electron chi connectivity index (χ4n) is 1.56. The quantitative estimate of drug-likeness (QED) is 0.642. The SMILES string of the molecule is Fc1ccc(NCCOc2cc(Br)cc(F)c2F)cc1. The highest BCUT2D eigenvalue weighted by Crippen LogP contribution is 2.25. The Morgan fingerprint density at radius 2 is 1.75 bits per heavy atom. The van der Waals surface area contributed by atoms with E-state index in [0.29, 0.717) is 11.0 Å². The van der Waals surface area contributed by atoms with Gasteiger partial charge in [0.15, 0.2) is 11.6 Å². The number of hydrogen-bond donors (Lipinski definition) is 1. The van der Waals surface area contributed by atoms with Crippen LogP contribution in [0.25, 0.3) is 0 Å². The van der Waals surface area contributed by atoms with E-state index in [9.17, 15) is 13.2 Å². The molecule has 0 unspecified atom stereocenters. The molecule has 0 amide bonds. The lowest BCUT2D eigenvalue weighted by Crippen LogP contribution is -2.12. The number of ether oxygens (including phenoxy) is 1. The highest BCUT2D eigenvalue weighted by molar-refractivity contribution is 9.10. The monoisotopic (exact) mass is 345 g/mol. The predicted octanol–water partition coefficient (Wildman–Crippen LogP) is 4.36. The molecule has 0 heterocycles. The van der Waals surface area contributed by atoms with Crippen molar-refractivity contribution in [3.63, 3.8) is 0 Å². The maximum atomic E-state index is 13.4. The first-order valence-corrected chi connectivity index (χ1v) is 6.62. The minimum atomic E-state index is -1.02. The van der Waals surface area contributed by atoms with Gasteiger partial charge in [-0.2, -0.15) is 4.39 Å². The van der Waals surface area contributed by atoms with Crippen molar-refractivity contribution in [2.24, 2.45) is 0 Å². The van der Waals surface area contributed by atoms with E-state index in [1.165, 1.54) is 18.2 Å². The Bertz CT molecular complexity index is 590. The normalized spacial score (nSPS) is 10.4. The van der Waals surface area contributed by atoms with E-state index < -0.39 is 11.6 Å². The molecule has 0 spiro atoms. The summed E-state index contributed by atoms with van der Waals surface area (Å²) in [5.74, 6) is -2.47. The van der Waals surface area contributed by atoms with Crippen LogP contribution in [-0.2, 0) is 0 Å². The Morgan fingerprint density at radius 3 is 2.45 bits per heavy atom. The van der Waals surface area contributed by atoms with Gasteiger partial charge in [0.05, 0.1) is 0 Å². The third-order valence-corrected chi connectivity index (χ3v) is 2.95. The summed E-state index contributed by atoms with van der Waals surface area (Å²) in [6.07, 6.45) is 0. The standard InChI is InChI=1S/C14H11BrF3NO/c15-9-7-12(17)14(18)13(8-9)20-6-5-19-11-3-1-10(16)2-4-11/h1-4,7-8,19H,5-6H2. The van der Waals surface area contributed by atoms with Crippen LogP contribution in [0.3, 0.4) is 0 Å². The molecule has 2 aromatic carbocycles. The Balaban J connectivity index is 1.86. The summed E-state index contributed by atoms with van der Waals surface area (Å²) in [4.78, 5) is 0. The second kappa shape index (κ2) is 6.65. The van der Waals surface area contributed by atoms with Crippen molar-refractivity contribution in [1.82, 2.24) is 0 Å². The first kappa shape index (κ1) is 14.7. The number of anilines is 1. The average molecular weight is 346 g/mol. The van der Waals surface area contributed by atoms with Gasteiger partial charge in [-0.1, -0.05) is 15.9 Å². The van der Waals surface area contributed by atoms with Crippen LogP contribution >= 0.6 is 15.9 Å². The van der Waals surface area contributed by atoms with Crippen LogP contribution in [0.5, 0.6) is 5.75 Å². The molecule has 2 rings (SSSR count). The smallest absolute Gasteiger partial charge is 0.200 e. The summed E-state index contributed by atoms with van der Waals surface area (Å²) < 4.78 is 44.8. The lowest BCUT2D eigenvalue weighted by Gasteiger charge is -2.10. The van der Waals surface area contributed by atoms with Crippen LogP contribution < -0.4 is 10.1 Å². The summed E-state index contributed by atoms with van der Waals surface area (Å²) in [6.45, 7) is 0.517. The number of nitrogens with one attached hydrogen (secondary N) is 1. The third-order valence-electron chi connectivity index (χ3n) is 2.49. The lowest BCUT2D eigenvalue weighted by molar-refractivity contribution is 0.308. The summed E-state index contributed by atoms with van der Waals surface area (Å²) in [5, 5.41) is 2.97. The fraction of sp³-hybridized carbons (Fsp3) is 0.143. The molecule has 2 nitrogen and oxygen atoms in total. The van der Waals surface area contributed by atoms with Gasteiger partial charge in [0.1, 0.15) is 12.4 Å². The Kier molecular flexibility index (Phi) is 4.89. The van der Waals surface area contributed by atoms with Gasteiger partial charge in [-0.25, -0.2) is 8.78 Å². The summed E-state index contributed by atoms with van der Waals surface area (Å²) in [7, 11) is 0. The summed E-state index contributed by atoms with van der Waals surface area (Å²) in [6, 6.07) is 8.19. The summed E-state index contributed by atoms with van der Waals surface area (Å²) in [5.41, 5.74) is 0.718. The van der Waals surface area contributed by atoms with Gasteiger partial charge in [-0.15, -0.1) is 0 Å². The van der Waals surface area contributed by atoms with E-state index in [2.05, 4.69) is 21.2 Å². The molecule has 0 fully saturated rings. The van der Waals surface area contributed by atoms with Crippen molar-refractivity contribution in [3.8, 4) is 5.75 Å². The number of rotatable bonds is 5. The third kappa shape index (κ3) is 3.90. The number of halogens is 4. The van der Waals surface area contributed by atoms with E-state index >= 15 is 0 Å². The van der Waals surface area contributed by atoms with E-state index in [-0.39, 0.29) is 18.2 Å². The second-order valence-corrected chi connectivity index (χ2v) is 4.90. The van der Waals surface area contributed by atoms with Crippen molar-refractivity contribution in [2.45, 2.75) is 0 Å². The molecule has 106 valence electrons. The molecule has 0 bridgehead atoms. The Morgan fingerprint density at radius 1 is 1.05 bits per heavy atom. The molecule has 0 radical (unpaired) electrons. The molecule has 20 heavy (non-hydrogen) atoms. The molecular formula is C14H11BrF3NO. The van der Waals surface area contributed by atoms with Crippen molar-refractivity contribution in [3.05, 3.63) is 58.3 Å². The lowest BCUT2D eigenvalue weighted by atomic mass is 10.3. The molecule has 0 aliphatic heterocycles. The van der Waals surface area contributed by atoms with Gasteiger partial charge in [0.2, 0.25) is 5.82 Å². The van der Waals surface area contributed by atoms with Crippen LogP contribution in [0.2, 0.25) is 0 Å². The van der Waals surface area contributed by atoms with E-state index in [0.717, 1.165) is 11.8 Å². The van der Waals surface area contributed by atoms with E-state index in [1.807, 2.05) is 0 Å². The molecule has 0 atom stereocenters. The molecule has 2 aromatic rings. The molecule has 0 aromatic heterocycles. The fourth-order valence-corrected chi connectivity index (χ4v) is 1.97. The van der Waals surface area contributed by atoms with Gasteiger partial charge in [0.25, 0.3) is 0 Å². The minimum absolute atomic E-state index is 0.143. The van der Waals surface area contributed by atoms with Crippen LogP contribution in [0, 0.1) is 17.5 Å². The maximum absolute atomic E-state index is 13.4. The van der Waals surface area contributed by atoms with E-state index in [4.69, 9.17) is 4.74 Å². The zero-order valence-corrected chi connectivity index (χ0v) is 11.9. The minimum Gasteiger partial charge on any atom is -0.489 e. The van der Waals surface area contributed by atoms with Crippen molar-refractivity contribution in [2.75, 3.05) is 18.5 Å². The average Bonchev–Trinajstić information content (AvgIpc) is 2.42. The molecule has 1 N–H and O–H groups in total. The first-order valence-electron chi connectivity index (χ1n) is 5.83. The van der Waals surface area contributed by atoms with E-state index in [1.54, 1.807) is 12.1 Å². The largest absolute Gasteiger partial charge is 0.489 e. The Hall–Kier alpha value is -1.69. The van der Waals surface area contributed by atoms with Gasteiger partial charge >= 0.3 is 0 Å². The zero-order valence-electron chi connectivity index (χ0n) is 10.3. The Labute approximate surface area is 122 Å². The first-order chi connectivity index (χ1) is 9.56. The number of hydrogen-bond acceptors (Lipinski definition) is 2. The molecule has 6 heteroatoms. The highest BCUT2D eigenvalue weighted by Gasteiger charge is 2.10. The van der Waals surface area contributed by atoms with Crippen molar-refractivity contribution in [1.29, 1.82) is 0 Å². The van der Waals surface area contributed by atoms with Crippen LogP contribution in [0.15, 0.2) is 40.9 Å². The van der Waals surface area contributed by atoms with Crippen molar-refractivity contribution >= 4 is 21.6 Å². The van der Waals surface area contributed by atoms with Gasteiger partial charge in [-0.3, -0.25) is 0 Å². The number of benzene rings is 2. The van der Waals surface area contributed by atoms with Gasteiger partial charge in [0, 0.05) is 16.7 Å². The van der Waals surface area contributed by atoms with Crippen LogP contribution in [-0.4, -0.2) is 13.2 Å². The summed E-state index contributed by atoms with van der Waals surface area (Å²) >= 11 is 3.06. The molecule has 0 aliphatic rings. The topological polar surface area (TPSA) is 21.3 Å². The molecule has 0 saturated carbocycles. The van der Waals surface area contributed by atoms with Crippen LogP contribution in [0.1, 0.15) is 0 Å². The maximum Gasteiger partial charge on any atom is 0.200 e. The second-order valence-electron chi connectivity index (χ2n) is 3.98. The predicted molar refractivity (Wildman–Crippen MR) is 74.4 cm³/mol. The molecule has 0 aliphatic carbocycles. The zero-order chi connectivity index (χ0) is 14.5. The molecular weight excluding hydrogens is 335 g/mol. The van der Waals surface area contributed by atoms with Gasteiger partial charge < -0.3 is 10.1 Å². The van der Waals surface area contributed by atoms with Crippen molar-refractivity contribution < 1.29 is 17.9 Å².